The van der Waals surface area contributed by atoms with Crippen LogP contribution in [0.15, 0.2) is 5.38 Å². The Kier molecular flexibility index (Phi) is 1.76. The van der Waals surface area contributed by atoms with Crippen LogP contribution in [0, 0.1) is 13.8 Å². The zero-order valence-corrected chi connectivity index (χ0v) is 6.66. The molecule has 0 radical (unpaired) electrons. The molecule has 0 aromatic carbocycles. The van der Waals surface area contributed by atoms with Crippen molar-refractivity contribution in [2.24, 2.45) is 0 Å². The highest BCUT2D eigenvalue weighted by molar-refractivity contribution is 7.10. The molecule has 0 fully saturated rings. The highest BCUT2D eigenvalue weighted by Crippen LogP contribution is 2.19. The van der Waals surface area contributed by atoms with Gasteiger partial charge < -0.3 is 5.11 Å². The third kappa shape index (κ3) is 1.04. The summed E-state index contributed by atoms with van der Waals surface area (Å²) in [5, 5.41) is 10.3. The number of hydrogen-bond acceptors (Lipinski definition) is 2. The fourth-order valence-electron chi connectivity index (χ4n) is 0.725. The molecule has 0 atom stereocenters. The van der Waals surface area contributed by atoms with Crippen molar-refractivity contribution in [1.82, 2.24) is 0 Å². The zero-order valence-electron chi connectivity index (χ0n) is 5.84. The van der Waals surface area contributed by atoms with Crippen molar-refractivity contribution in [3.05, 3.63) is 21.4 Å². The van der Waals surface area contributed by atoms with Gasteiger partial charge in [-0.3, -0.25) is 0 Å². The average molecular weight is 156 g/mol. The van der Waals surface area contributed by atoms with Crippen molar-refractivity contribution in [1.29, 1.82) is 0 Å². The van der Waals surface area contributed by atoms with Gasteiger partial charge in [0.05, 0.1) is 5.56 Å². The van der Waals surface area contributed by atoms with E-state index in [2.05, 4.69) is 0 Å². The number of carboxylic acid groups (broad SMARTS) is 1. The monoisotopic (exact) mass is 156 g/mol. The lowest BCUT2D eigenvalue weighted by atomic mass is 10.2. The van der Waals surface area contributed by atoms with Crippen molar-refractivity contribution in [2.45, 2.75) is 13.8 Å². The molecule has 54 valence electrons. The van der Waals surface area contributed by atoms with Crippen LogP contribution in [-0.2, 0) is 0 Å². The van der Waals surface area contributed by atoms with Crippen molar-refractivity contribution in [3.8, 4) is 0 Å². The highest BCUT2D eigenvalue weighted by atomic mass is 32.1. The molecule has 1 heterocycles. The molecular formula is C7H8O2S. The molecule has 1 aromatic rings. The smallest absolute Gasteiger partial charge is 0.336 e. The lowest BCUT2D eigenvalue weighted by Crippen LogP contribution is -1.95. The van der Waals surface area contributed by atoms with E-state index in [0.717, 1.165) is 10.4 Å². The van der Waals surface area contributed by atoms with Crippen LogP contribution in [0.25, 0.3) is 0 Å². The Morgan fingerprint density at radius 2 is 2.20 bits per heavy atom. The third-order valence-corrected chi connectivity index (χ3v) is 2.53. The van der Waals surface area contributed by atoms with Crippen LogP contribution in [0.5, 0.6) is 0 Å². The first-order chi connectivity index (χ1) is 4.63. The summed E-state index contributed by atoms with van der Waals surface area (Å²) in [4.78, 5) is 11.5. The Labute approximate surface area is 63.1 Å². The van der Waals surface area contributed by atoms with Gasteiger partial charge in [-0.1, -0.05) is 0 Å². The van der Waals surface area contributed by atoms with Crippen LogP contribution in [0.3, 0.4) is 0 Å². The molecule has 1 N–H and O–H groups in total. The van der Waals surface area contributed by atoms with Crippen LogP contribution in [0.2, 0.25) is 0 Å². The van der Waals surface area contributed by atoms with Gasteiger partial charge in [0, 0.05) is 10.3 Å². The molecule has 0 spiro atoms. The van der Waals surface area contributed by atoms with Gasteiger partial charge in [0.25, 0.3) is 0 Å². The Morgan fingerprint density at radius 3 is 2.40 bits per heavy atom. The van der Waals surface area contributed by atoms with E-state index in [0.29, 0.717) is 5.56 Å². The largest absolute Gasteiger partial charge is 0.478 e. The van der Waals surface area contributed by atoms with Crippen LogP contribution in [0.1, 0.15) is 20.8 Å². The zero-order chi connectivity index (χ0) is 7.72. The normalized spacial score (nSPS) is 9.80. The lowest BCUT2D eigenvalue weighted by molar-refractivity contribution is 0.0696. The van der Waals surface area contributed by atoms with Gasteiger partial charge in [0.2, 0.25) is 0 Å². The molecule has 0 aliphatic carbocycles. The van der Waals surface area contributed by atoms with E-state index in [1.807, 2.05) is 13.8 Å². The van der Waals surface area contributed by atoms with E-state index in [1.165, 1.54) is 11.3 Å². The first-order valence-corrected chi connectivity index (χ1v) is 3.79. The van der Waals surface area contributed by atoms with Crippen LogP contribution < -0.4 is 0 Å². The van der Waals surface area contributed by atoms with Crippen molar-refractivity contribution in [2.75, 3.05) is 0 Å². The maximum Gasteiger partial charge on any atom is 0.336 e. The molecular weight excluding hydrogens is 148 g/mol. The van der Waals surface area contributed by atoms with Gasteiger partial charge in [-0.05, 0) is 19.4 Å². The van der Waals surface area contributed by atoms with E-state index < -0.39 is 5.97 Å². The third-order valence-electron chi connectivity index (χ3n) is 1.52. The molecule has 0 unspecified atom stereocenters. The van der Waals surface area contributed by atoms with E-state index in [1.54, 1.807) is 5.38 Å². The molecule has 2 nitrogen and oxygen atoms in total. The van der Waals surface area contributed by atoms with Crippen molar-refractivity contribution < 1.29 is 9.90 Å². The maximum atomic E-state index is 10.4. The summed E-state index contributed by atoms with van der Waals surface area (Å²) in [6.45, 7) is 3.75. The Morgan fingerprint density at radius 1 is 1.60 bits per heavy atom. The highest BCUT2D eigenvalue weighted by Gasteiger charge is 2.09. The fraction of sp³-hybridized carbons (Fsp3) is 0.286. The topological polar surface area (TPSA) is 37.3 Å². The summed E-state index contributed by atoms with van der Waals surface area (Å²) in [7, 11) is 0. The first kappa shape index (κ1) is 7.28. The quantitative estimate of drug-likeness (QED) is 0.675. The summed E-state index contributed by atoms with van der Waals surface area (Å²) < 4.78 is 0. The second-order valence-electron chi connectivity index (χ2n) is 2.14. The molecule has 0 saturated carbocycles. The van der Waals surface area contributed by atoms with Crippen molar-refractivity contribution in [3.63, 3.8) is 0 Å². The Hall–Kier alpha value is -0.830. The van der Waals surface area contributed by atoms with Gasteiger partial charge in [-0.15, -0.1) is 11.3 Å². The van der Waals surface area contributed by atoms with Crippen LogP contribution >= 0.6 is 11.3 Å². The predicted octanol–water partition coefficient (Wildman–Crippen LogP) is 2.06. The second kappa shape index (κ2) is 2.42. The van der Waals surface area contributed by atoms with Gasteiger partial charge in [-0.25, -0.2) is 4.79 Å². The minimum absolute atomic E-state index is 0.433. The van der Waals surface area contributed by atoms with Gasteiger partial charge in [0.1, 0.15) is 0 Å². The maximum absolute atomic E-state index is 10.4. The summed E-state index contributed by atoms with van der Waals surface area (Å²) in [6.07, 6.45) is 0. The minimum atomic E-state index is -0.832. The van der Waals surface area contributed by atoms with Gasteiger partial charge in [0.15, 0.2) is 0 Å². The molecule has 0 aliphatic heterocycles. The summed E-state index contributed by atoms with van der Waals surface area (Å²) in [5.41, 5.74) is 1.32. The number of thiophene rings is 1. The molecule has 3 heteroatoms. The second-order valence-corrected chi connectivity index (χ2v) is 3.22. The number of aryl methyl sites for hydroxylation is 1. The SMILES string of the molecule is Cc1scc(C(=O)O)c1C. The first-order valence-electron chi connectivity index (χ1n) is 2.91. The number of aromatic carboxylic acids is 1. The van der Waals surface area contributed by atoms with Crippen LogP contribution in [-0.4, -0.2) is 11.1 Å². The summed E-state index contributed by atoms with van der Waals surface area (Å²) >= 11 is 1.48. The summed E-state index contributed by atoms with van der Waals surface area (Å²) in [6, 6.07) is 0. The number of carbonyl (C=O) groups is 1. The fourth-order valence-corrected chi connectivity index (χ4v) is 1.58. The number of carboxylic acids is 1. The van der Waals surface area contributed by atoms with Gasteiger partial charge in [-0.2, -0.15) is 0 Å². The molecule has 0 aliphatic rings. The Balaban J connectivity index is 3.17. The van der Waals surface area contributed by atoms with E-state index in [9.17, 15) is 4.79 Å². The average Bonchev–Trinajstić information content (AvgIpc) is 2.14. The van der Waals surface area contributed by atoms with Crippen LogP contribution in [0.4, 0.5) is 0 Å². The Bertz CT molecular complexity index is 263. The lowest BCUT2D eigenvalue weighted by Gasteiger charge is -1.90. The predicted molar refractivity (Wildman–Crippen MR) is 40.8 cm³/mol. The summed E-state index contributed by atoms with van der Waals surface area (Å²) in [5.74, 6) is -0.832. The molecule has 0 saturated heterocycles. The van der Waals surface area contributed by atoms with Gasteiger partial charge >= 0.3 is 5.97 Å². The van der Waals surface area contributed by atoms with E-state index in [4.69, 9.17) is 5.11 Å². The molecule has 0 bridgehead atoms. The number of hydrogen-bond donors (Lipinski definition) is 1. The standard InChI is InChI=1S/C7H8O2S/c1-4-5(2)10-3-6(4)7(8)9/h3H,1-2H3,(H,8,9). The molecule has 1 aromatic heterocycles. The minimum Gasteiger partial charge on any atom is -0.478 e. The molecule has 0 amide bonds. The molecule has 1 rings (SSSR count). The number of rotatable bonds is 1. The van der Waals surface area contributed by atoms with E-state index >= 15 is 0 Å². The van der Waals surface area contributed by atoms with E-state index in [-0.39, 0.29) is 0 Å². The molecule has 10 heavy (non-hydrogen) atoms. The van der Waals surface area contributed by atoms with Crippen molar-refractivity contribution >= 4 is 17.3 Å².